The number of aliphatic hydroxyl groups excluding tert-OH is 1. The van der Waals surface area contributed by atoms with Gasteiger partial charge in [0.2, 0.25) is 0 Å². The lowest BCUT2D eigenvalue weighted by molar-refractivity contribution is -0.156. The molecular weight excluding hydrogens is 358 g/mol. The van der Waals surface area contributed by atoms with E-state index in [0.29, 0.717) is 6.61 Å². The molecule has 154 valence electrons. The van der Waals surface area contributed by atoms with Gasteiger partial charge in [0.1, 0.15) is 23.7 Å². The van der Waals surface area contributed by atoms with E-state index in [-0.39, 0.29) is 12.1 Å². The van der Waals surface area contributed by atoms with Gasteiger partial charge < -0.3 is 24.1 Å². The monoisotopic (exact) mass is 389 g/mol. The highest BCUT2D eigenvalue weighted by molar-refractivity contribution is 5.54. The number of hydrogen-bond acceptors (Lipinski definition) is 6. The number of hydrogen-bond donors (Lipinski definition) is 1. The minimum absolute atomic E-state index is 0.153. The molecule has 1 N–H and O–H groups in total. The second kappa shape index (κ2) is 8.03. The topological polar surface area (TPSA) is 60.4 Å². The first-order valence-corrected chi connectivity index (χ1v) is 10.2. The third-order valence-corrected chi connectivity index (χ3v) is 5.83. The Hall–Kier alpha value is -1.60. The van der Waals surface area contributed by atoms with E-state index in [2.05, 4.69) is 4.90 Å². The van der Waals surface area contributed by atoms with Crippen LogP contribution in [0, 0.1) is 0 Å². The summed E-state index contributed by atoms with van der Waals surface area (Å²) in [5, 5.41) is 11.2. The molecule has 1 aromatic carbocycles. The number of piperidine rings is 1. The van der Waals surface area contributed by atoms with E-state index >= 15 is 0 Å². The minimum atomic E-state index is -0.648. The molecule has 28 heavy (non-hydrogen) atoms. The fraction of sp³-hybridized carbons (Fsp3) is 0.636. The van der Waals surface area contributed by atoms with Gasteiger partial charge in [-0.2, -0.15) is 0 Å². The molecule has 6 heteroatoms. The molecule has 3 saturated heterocycles. The molecule has 0 aromatic heterocycles. The number of rotatable bonds is 4. The van der Waals surface area contributed by atoms with Crippen LogP contribution in [0.15, 0.2) is 30.0 Å². The quantitative estimate of drug-likeness (QED) is 0.855. The van der Waals surface area contributed by atoms with Crippen LogP contribution in [0.4, 0.5) is 0 Å². The maximum atomic E-state index is 11.2. The molecule has 0 radical (unpaired) electrons. The van der Waals surface area contributed by atoms with E-state index in [0.717, 1.165) is 43.0 Å². The molecule has 0 saturated carbocycles. The van der Waals surface area contributed by atoms with Crippen molar-refractivity contribution in [3.63, 3.8) is 0 Å². The van der Waals surface area contributed by atoms with Crippen molar-refractivity contribution in [2.24, 2.45) is 0 Å². The molecule has 4 atom stereocenters. The van der Waals surface area contributed by atoms with Crippen LogP contribution in [-0.2, 0) is 14.2 Å². The average Bonchev–Trinajstić information content (AvgIpc) is 3.22. The standard InChI is InChI=1S/C22H31NO5/c1-22(2)26-14-18(28-22)21-20(24)19(23-11-5-4-6-12-23)17(27-21)13-15-7-9-16(25-3)10-8-15/h7-10,13,18-21,24H,4-6,11-12,14H2,1-3H3/b17-13-/t18-,19+,20-,21-/m1/s1. The zero-order valence-electron chi connectivity index (χ0n) is 17.0. The Morgan fingerprint density at radius 3 is 2.46 bits per heavy atom. The number of likely N-dealkylation sites (tertiary alicyclic amines) is 1. The third-order valence-electron chi connectivity index (χ3n) is 5.83. The van der Waals surface area contributed by atoms with Crippen molar-refractivity contribution in [3.05, 3.63) is 35.6 Å². The predicted molar refractivity (Wildman–Crippen MR) is 106 cm³/mol. The molecule has 0 bridgehead atoms. The average molecular weight is 389 g/mol. The van der Waals surface area contributed by atoms with Crippen molar-refractivity contribution in [1.82, 2.24) is 4.90 Å². The molecule has 6 nitrogen and oxygen atoms in total. The van der Waals surface area contributed by atoms with E-state index < -0.39 is 18.0 Å². The second-order valence-corrected chi connectivity index (χ2v) is 8.30. The number of aliphatic hydroxyl groups is 1. The summed E-state index contributed by atoms with van der Waals surface area (Å²) in [6.45, 7) is 6.17. The van der Waals surface area contributed by atoms with Crippen molar-refractivity contribution in [2.75, 3.05) is 26.8 Å². The molecule has 0 spiro atoms. The molecule has 0 amide bonds. The van der Waals surface area contributed by atoms with E-state index in [1.807, 2.05) is 44.2 Å². The lowest BCUT2D eigenvalue weighted by Crippen LogP contribution is -2.49. The number of methoxy groups -OCH3 is 1. The van der Waals surface area contributed by atoms with Gasteiger partial charge in [0.15, 0.2) is 11.9 Å². The minimum Gasteiger partial charge on any atom is -0.497 e. The molecule has 0 unspecified atom stereocenters. The third kappa shape index (κ3) is 4.06. The van der Waals surface area contributed by atoms with Gasteiger partial charge in [-0.1, -0.05) is 18.6 Å². The summed E-state index contributed by atoms with van der Waals surface area (Å²) in [6, 6.07) is 7.71. The Labute approximate surface area is 167 Å². The maximum Gasteiger partial charge on any atom is 0.163 e. The summed E-state index contributed by atoms with van der Waals surface area (Å²) in [5.74, 6) is 0.980. The van der Waals surface area contributed by atoms with E-state index in [1.165, 1.54) is 6.42 Å². The Kier molecular flexibility index (Phi) is 5.65. The second-order valence-electron chi connectivity index (χ2n) is 8.30. The lowest BCUT2D eigenvalue weighted by Gasteiger charge is -2.33. The van der Waals surface area contributed by atoms with Gasteiger partial charge in [-0.15, -0.1) is 0 Å². The van der Waals surface area contributed by atoms with Crippen molar-refractivity contribution < 1.29 is 24.1 Å². The Morgan fingerprint density at radius 2 is 1.86 bits per heavy atom. The molecule has 3 aliphatic rings. The van der Waals surface area contributed by atoms with Gasteiger partial charge in [0, 0.05) is 0 Å². The van der Waals surface area contributed by atoms with Crippen LogP contribution in [0.3, 0.4) is 0 Å². The molecule has 0 aliphatic carbocycles. The summed E-state index contributed by atoms with van der Waals surface area (Å²) in [6.07, 6.45) is 4.22. The lowest BCUT2D eigenvalue weighted by atomic mass is 9.98. The van der Waals surface area contributed by atoms with Crippen LogP contribution in [0.2, 0.25) is 0 Å². The molecule has 1 aromatic rings. The first-order chi connectivity index (χ1) is 13.5. The van der Waals surface area contributed by atoms with Gasteiger partial charge in [-0.3, -0.25) is 4.90 Å². The summed E-state index contributed by atoms with van der Waals surface area (Å²) in [4.78, 5) is 2.35. The fourth-order valence-electron chi connectivity index (χ4n) is 4.39. The highest BCUT2D eigenvalue weighted by atomic mass is 16.8. The van der Waals surface area contributed by atoms with Gasteiger partial charge >= 0.3 is 0 Å². The Balaban J connectivity index is 1.60. The SMILES string of the molecule is COc1ccc(/C=C2\O[C@H]([C@H]3COC(C)(C)O3)[C@H](O)[C@H]2N2CCCCC2)cc1. The molecular formula is C22H31NO5. The van der Waals surface area contributed by atoms with E-state index in [9.17, 15) is 5.11 Å². The van der Waals surface area contributed by atoms with Crippen molar-refractivity contribution in [3.8, 4) is 5.75 Å². The van der Waals surface area contributed by atoms with Crippen LogP contribution in [0.1, 0.15) is 38.7 Å². The van der Waals surface area contributed by atoms with Crippen LogP contribution in [0.5, 0.6) is 5.75 Å². The largest absolute Gasteiger partial charge is 0.497 e. The number of ether oxygens (including phenoxy) is 4. The van der Waals surface area contributed by atoms with Gasteiger partial charge in [0.05, 0.1) is 19.8 Å². The normalized spacial score (nSPS) is 34.5. The van der Waals surface area contributed by atoms with Gasteiger partial charge in [0.25, 0.3) is 0 Å². The predicted octanol–water partition coefficient (Wildman–Crippen LogP) is 2.80. The summed E-state index contributed by atoms with van der Waals surface area (Å²) in [7, 11) is 1.66. The van der Waals surface area contributed by atoms with Crippen molar-refractivity contribution in [2.45, 2.75) is 63.3 Å². The maximum absolute atomic E-state index is 11.2. The van der Waals surface area contributed by atoms with Crippen LogP contribution in [-0.4, -0.2) is 67.0 Å². The van der Waals surface area contributed by atoms with Crippen LogP contribution < -0.4 is 4.74 Å². The number of benzene rings is 1. The van der Waals surface area contributed by atoms with Gasteiger partial charge in [-0.05, 0) is 63.6 Å². The van der Waals surface area contributed by atoms with Crippen molar-refractivity contribution in [1.29, 1.82) is 0 Å². The van der Waals surface area contributed by atoms with E-state index in [4.69, 9.17) is 18.9 Å². The molecule has 4 rings (SSSR count). The molecule has 3 aliphatic heterocycles. The van der Waals surface area contributed by atoms with Crippen LogP contribution in [0.25, 0.3) is 6.08 Å². The zero-order chi connectivity index (χ0) is 19.7. The zero-order valence-corrected chi connectivity index (χ0v) is 17.0. The summed E-state index contributed by atoms with van der Waals surface area (Å²) < 4.78 is 23.3. The summed E-state index contributed by atoms with van der Waals surface area (Å²) in [5.41, 5.74) is 1.02. The highest BCUT2D eigenvalue weighted by Crippen LogP contribution is 2.37. The highest BCUT2D eigenvalue weighted by Gasteiger charge is 2.51. The fourth-order valence-corrected chi connectivity index (χ4v) is 4.39. The first-order valence-electron chi connectivity index (χ1n) is 10.2. The number of nitrogens with zero attached hydrogens (tertiary/aromatic N) is 1. The Morgan fingerprint density at radius 1 is 1.14 bits per heavy atom. The molecule has 3 fully saturated rings. The Bertz CT molecular complexity index is 695. The first kappa shape index (κ1) is 19.7. The van der Waals surface area contributed by atoms with Gasteiger partial charge in [-0.25, -0.2) is 0 Å². The summed E-state index contributed by atoms with van der Waals surface area (Å²) >= 11 is 0. The van der Waals surface area contributed by atoms with E-state index in [1.54, 1.807) is 7.11 Å². The molecule has 3 heterocycles. The van der Waals surface area contributed by atoms with Crippen molar-refractivity contribution >= 4 is 6.08 Å². The van der Waals surface area contributed by atoms with Crippen LogP contribution >= 0.6 is 0 Å². The smallest absolute Gasteiger partial charge is 0.163 e.